The van der Waals surface area contributed by atoms with E-state index < -0.39 is 0 Å². The largest absolute Gasteiger partial charge is 0.244 e. The summed E-state index contributed by atoms with van der Waals surface area (Å²) in [5.41, 5.74) is 0. The molecule has 0 saturated heterocycles. The summed E-state index contributed by atoms with van der Waals surface area (Å²) in [6, 6.07) is 0. The first kappa shape index (κ1) is 18.5. The van der Waals surface area contributed by atoms with Crippen LogP contribution in [0.15, 0.2) is 16.5 Å². The standard InChI is InChI=1S/C15H25NS4/c1-10(2)18-9-13(19-11(3)4)14(20-12(5)6)15-16-7-8-17-15/h7-8,10-12H,9H2,1-6H3/b14-13-. The molecule has 0 aromatic carbocycles. The van der Waals surface area contributed by atoms with Crippen LogP contribution >= 0.6 is 46.6 Å². The molecular weight excluding hydrogens is 322 g/mol. The van der Waals surface area contributed by atoms with Crippen molar-refractivity contribution in [1.82, 2.24) is 4.98 Å². The lowest BCUT2D eigenvalue weighted by molar-refractivity contribution is 1.11. The van der Waals surface area contributed by atoms with Crippen LogP contribution in [-0.4, -0.2) is 26.5 Å². The molecule has 1 rings (SSSR count). The zero-order valence-electron chi connectivity index (χ0n) is 13.2. The van der Waals surface area contributed by atoms with Crippen LogP contribution < -0.4 is 0 Å². The molecule has 0 amide bonds. The van der Waals surface area contributed by atoms with Crippen molar-refractivity contribution < 1.29 is 0 Å². The van der Waals surface area contributed by atoms with Gasteiger partial charge in [-0.3, -0.25) is 0 Å². The summed E-state index contributed by atoms with van der Waals surface area (Å²) in [6.07, 6.45) is 1.91. The molecule has 1 aromatic rings. The van der Waals surface area contributed by atoms with E-state index in [0.29, 0.717) is 15.7 Å². The first-order chi connectivity index (χ1) is 9.40. The van der Waals surface area contributed by atoms with E-state index in [1.165, 1.54) is 14.8 Å². The number of nitrogens with zero attached hydrogens (tertiary/aromatic N) is 1. The highest BCUT2D eigenvalue weighted by Crippen LogP contribution is 2.41. The van der Waals surface area contributed by atoms with Gasteiger partial charge in [-0.1, -0.05) is 41.5 Å². The second kappa shape index (κ2) is 9.44. The number of rotatable bonds is 8. The van der Waals surface area contributed by atoms with Crippen molar-refractivity contribution >= 4 is 51.5 Å². The summed E-state index contributed by atoms with van der Waals surface area (Å²) < 4.78 is 0. The van der Waals surface area contributed by atoms with Gasteiger partial charge in [-0.05, 0) is 5.25 Å². The van der Waals surface area contributed by atoms with Crippen molar-refractivity contribution in [3.8, 4) is 0 Å². The van der Waals surface area contributed by atoms with Gasteiger partial charge in [-0.15, -0.1) is 34.9 Å². The zero-order valence-corrected chi connectivity index (χ0v) is 16.4. The number of aromatic nitrogens is 1. The van der Waals surface area contributed by atoms with Crippen molar-refractivity contribution in [1.29, 1.82) is 0 Å². The predicted molar refractivity (Wildman–Crippen MR) is 102 cm³/mol. The first-order valence-corrected chi connectivity index (χ1v) is 10.7. The average Bonchev–Trinajstić information content (AvgIpc) is 2.84. The van der Waals surface area contributed by atoms with Gasteiger partial charge in [0.15, 0.2) is 0 Å². The molecule has 114 valence electrons. The smallest absolute Gasteiger partial charge is 0.130 e. The lowest BCUT2D eigenvalue weighted by Gasteiger charge is -2.17. The normalized spacial score (nSPS) is 13.4. The van der Waals surface area contributed by atoms with Crippen molar-refractivity contribution in [2.45, 2.75) is 57.3 Å². The Labute approximate surface area is 140 Å². The lowest BCUT2D eigenvalue weighted by Crippen LogP contribution is -2.00. The Balaban J connectivity index is 3.06. The van der Waals surface area contributed by atoms with Gasteiger partial charge in [0, 0.05) is 32.7 Å². The third kappa shape index (κ3) is 6.92. The van der Waals surface area contributed by atoms with Crippen LogP contribution in [0, 0.1) is 0 Å². The topological polar surface area (TPSA) is 12.9 Å². The van der Waals surface area contributed by atoms with Gasteiger partial charge in [0.2, 0.25) is 0 Å². The molecule has 0 N–H and O–H groups in total. The van der Waals surface area contributed by atoms with Crippen LogP contribution in [0.4, 0.5) is 0 Å². The monoisotopic (exact) mass is 347 g/mol. The molecular formula is C15H25NS4. The summed E-state index contributed by atoms with van der Waals surface area (Å²) in [5.74, 6) is 1.09. The van der Waals surface area contributed by atoms with Crippen molar-refractivity contribution in [2.24, 2.45) is 0 Å². The molecule has 0 aliphatic rings. The van der Waals surface area contributed by atoms with Crippen LogP contribution in [-0.2, 0) is 0 Å². The number of thiazole rings is 1. The Morgan fingerprint density at radius 1 is 1.05 bits per heavy atom. The molecule has 20 heavy (non-hydrogen) atoms. The molecule has 1 heterocycles. The molecule has 1 aromatic heterocycles. The van der Waals surface area contributed by atoms with Gasteiger partial charge in [0.1, 0.15) is 5.01 Å². The highest BCUT2D eigenvalue weighted by molar-refractivity contribution is 8.12. The molecule has 5 heteroatoms. The maximum atomic E-state index is 4.54. The van der Waals surface area contributed by atoms with E-state index >= 15 is 0 Å². The Morgan fingerprint density at radius 2 is 1.70 bits per heavy atom. The van der Waals surface area contributed by atoms with Gasteiger partial charge in [0.25, 0.3) is 0 Å². The molecule has 0 aliphatic carbocycles. The van der Waals surface area contributed by atoms with Crippen LogP contribution in [0.25, 0.3) is 4.91 Å². The maximum absolute atomic E-state index is 4.54. The minimum atomic E-state index is 0.584. The van der Waals surface area contributed by atoms with Crippen LogP contribution in [0.5, 0.6) is 0 Å². The first-order valence-electron chi connectivity index (χ1n) is 6.98. The summed E-state index contributed by atoms with van der Waals surface area (Å²) in [7, 11) is 0. The minimum Gasteiger partial charge on any atom is -0.244 e. The zero-order chi connectivity index (χ0) is 15.1. The SMILES string of the molecule is CC(C)SC/C(SC(C)C)=C(/SC(C)C)c1nccs1. The van der Waals surface area contributed by atoms with E-state index in [1.807, 2.05) is 41.5 Å². The van der Waals surface area contributed by atoms with E-state index in [-0.39, 0.29) is 0 Å². The van der Waals surface area contributed by atoms with Gasteiger partial charge in [0.05, 0.1) is 4.91 Å². The second-order valence-electron chi connectivity index (χ2n) is 5.28. The number of thioether (sulfide) groups is 3. The highest BCUT2D eigenvalue weighted by Gasteiger charge is 2.16. The Morgan fingerprint density at radius 3 is 2.15 bits per heavy atom. The quantitative estimate of drug-likeness (QED) is 0.552. The lowest BCUT2D eigenvalue weighted by atomic mass is 10.5. The molecule has 0 radical (unpaired) electrons. The molecule has 0 fully saturated rings. The Kier molecular flexibility index (Phi) is 8.72. The third-order valence-corrected chi connectivity index (χ3v) is 6.76. The summed E-state index contributed by atoms with van der Waals surface area (Å²) in [4.78, 5) is 7.43. The van der Waals surface area contributed by atoms with E-state index in [0.717, 1.165) is 5.75 Å². The van der Waals surface area contributed by atoms with Crippen molar-refractivity contribution in [3.05, 3.63) is 21.5 Å². The molecule has 0 bridgehead atoms. The second-order valence-corrected chi connectivity index (χ2v) is 11.0. The van der Waals surface area contributed by atoms with Crippen LogP contribution in [0.1, 0.15) is 46.6 Å². The van der Waals surface area contributed by atoms with Gasteiger partial charge < -0.3 is 0 Å². The van der Waals surface area contributed by atoms with Gasteiger partial charge in [-0.25, -0.2) is 4.98 Å². The molecule has 1 nitrogen and oxygen atoms in total. The molecule has 0 saturated carbocycles. The molecule has 0 unspecified atom stereocenters. The van der Waals surface area contributed by atoms with E-state index in [9.17, 15) is 0 Å². The van der Waals surface area contributed by atoms with Crippen molar-refractivity contribution in [3.63, 3.8) is 0 Å². The molecule has 0 atom stereocenters. The van der Waals surface area contributed by atoms with Gasteiger partial charge >= 0.3 is 0 Å². The van der Waals surface area contributed by atoms with E-state index in [4.69, 9.17) is 0 Å². The molecule has 0 aliphatic heterocycles. The molecule has 0 spiro atoms. The van der Waals surface area contributed by atoms with Crippen molar-refractivity contribution in [2.75, 3.05) is 5.75 Å². The fraction of sp³-hybridized carbons (Fsp3) is 0.667. The number of hydrogen-bond donors (Lipinski definition) is 0. The fourth-order valence-electron chi connectivity index (χ4n) is 1.49. The van der Waals surface area contributed by atoms with Gasteiger partial charge in [-0.2, -0.15) is 11.8 Å². The van der Waals surface area contributed by atoms with E-state index in [2.05, 4.69) is 51.9 Å². The highest BCUT2D eigenvalue weighted by atomic mass is 32.2. The van der Waals surface area contributed by atoms with Crippen LogP contribution in [0.3, 0.4) is 0 Å². The Hall–Kier alpha value is 0.420. The summed E-state index contributed by atoms with van der Waals surface area (Å²) >= 11 is 7.72. The fourth-order valence-corrected chi connectivity index (χ4v) is 5.53. The average molecular weight is 348 g/mol. The summed E-state index contributed by atoms with van der Waals surface area (Å²) in [5, 5.41) is 5.11. The Bertz CT molecular complexity index is 408. The van der Waals surface area contributed by atoms with E-state index in [1.54, 1.807) is 11.3 Å². The maximum Gasteiger partial charge on any atom is 0.130 e. The van der Waals surface area contributed by atoms with Crippen LogP contribution in [0.2, 0.25) is 0 Å². The summed E-state index contributed by atoms with van der Waals surface area (Å²) in [6.45, 7) is 13.6. The third-order valence-electron chi connectivity index (χ3n) is 2.16. The minimum absolute atomic E-state index is 0.584. The predicted octanol–water partition coefficient (Wildman–Crippen LogP) is 6.24. The number of hydrogen-bond acceptors (Lipinski definition) is 5.